The van der Waals surface area contributed by atoms with Crippen LogP contribution < -0.4 is 5.32 Å². The number of carbonyl (C=O) groups excluding carboxylic acids is 1. The molecule has 2 saturated heterocycles. The number of amides is 1. The van der Waals surface area contributed by atoms with E-state index in [4.69, 9.17) is 4.74 Å². The number of likely N-dealkylation sites (tertiary alicyclic amines) is 1. The molecule has 2 aliphatic heterocycles. The van der Waals surface area contributed by atoms with E-state index in [1.807, 2.05) is 4.90 Å². The number of nitrogens with zero attached hydrogens (tertiary/aromatic N) is 1. The zero-order chi connectivity index (χ0) is 9.10. The van der Waals surface area contributed by atoms with Crippen LogP contribution in [0.1, 0.15) is 6.42 Å². The van der Waals surface area contributed by atoms with E-state index >= 15 is 0 Å². The van der Waals surface area contributed by atoms with Gasteiger partial charge in [-0.3, -0.25) is 4.79 Å². The third-order valence-electron chi connectivity index (χ3n) is 2.65. The van der Waals surface area contributed by atoms with Gasteiger partial charge >= 0.3 is 0 Å². The Balaban J connectivity index is 1.53. The maximum absolute atomic E-state index is 11.3. The van der Waals surface area contributed by atoms with Gasteiger partial charge in [0.2, 0.25) is 5.91 Å². The molecule has 1 amide bonds. The molecular formula is C9H16N2O2. The van der Waals surface area contributed by atoms with Gasteiger partial charge in [-0.2, -0.15) is 0 Å². The molecule has 4 heteroatoms. The highest BCUT2D eigenvalue weighted by molar-refractivity contribution is 5.78. The van der Waals surface area contributed by atoms with Crippen LogP contribution >= 0.6 is 0 Å². The van der Waals surface area contributed by atoms with E-state index in [0.29, 0.717) is 5.92 Å². The van der Waals surface area contributed by atoms with Crippen molar-refractivity contribution in [1.29, 1.82) is 0 Å². The topological polar surface area (TPSA) is 41.6 Å². The van der Waals surface area contributed by atoms with Crippen molar-refractivity contribution >= 4 is 5.91 Å². The van der Waals surface area contributed by atoms with Gasteiger partial charge in [-0.1, -0.05) is 0 Å². The molecule has 2 fully saturated rings. The van der Waals surface area contributed by atoms with Gasteiger partial charge in [0.05, 0.1) is 6.61 Å². The fourth-order valence-corrected chi connectivity index (χ4v) is 1.44. The highest BCUT2D eigenvalue weighted by Gasteiger charge is 2.21. The Hall–Kier alpha value is -0.610. The zero-order valence-corrected chi connectivity index (χ0v) is 7.79. The number of hydrogen-bond acceptors (Lipinski definition) is 3. The highest BCUT2D eigenvalue weighted by atomic mass is 16.5. The minimum absolute atomic E-state index is 0.151. The molecule has 0 aromatic heterocycles. The normalized spacial score (nSPS) is 22.3. The van der Waals surface area contributed by atoms with Crippen LogP contribution in [0.2, 0.25) is 0 Å². The largest absolute Gasteiger partial charge is 0.371 e. The lowest BCUT2D eigenvalue weighted by Gasteiger charge is -2.31. The Kier molecular flexibility index (Phi) is 2.80. The molecule has 0 atom stereocenters. The zero-order valence-electron chi connectivity index (χ0n) is 7.79. The maximum Gasteiger partial charge on any atom is 0.248 e. The minimum Gasteiger partial charge on any atom is -0.371 e. The average Bonchev–Trinajstić information content (AvgIpc) is 1.90. The van der Waals surface area contributed by atoms with Crippen LogP contribution in [-0.2, 0) is 9.53 Å². The number of carbonyl (C=O) groups is 1. The predicted octanol–water partition coefficient (Wildman–Crippen LogP) is -0.545. The molecule has 74 valence electrons. The Morgan fingerprint density at radius 3 is 2.69 bits per heavy atom. The lowest BCUT2D eigenvalue weighted by molar-refractivity contribution is -0.140. The predicted molar refractivity (Wildman–Crippen MR) is 48.4 cm³/mol. The summed E-state index contributed by atoms with van der Waals surface area (Å²) in [4.78, 5) is 13.1. The first-order valence-electron chi connectivity index (χ1n) is 4.92. The second-order valence-electron chi connectivity index (χ2n) is 3.77. The van der Waals surface area contributed by atoms with E-state index in [9.17, 15) is 4.79 Å². The summed E-state index contributed by atoms with van der Waals surface area (Å²) in [6.07, 6.45) is 1.15. The van der Waals surface area contributed by atoms with Crippen molar-refractivity contribution < 1.29 is 9.53 Å². The number of nitrogens with one attached hydrogen (secondary N) is 1. The fraction of sp³-hybridized carbons (Fsp3) is 0.889. The molecule has 0 unspecified atom stereocenters. The van der Waals surface area contributed by atoms with Gasteiger partial charge in [0.25, 0.3) is 0 Å². The van der Waals surface area contributed by atoms with Crippen molar-refractivity contribution in [1.82, 2.24) is 10.2 Å². The van der Waals surface area contributed by atoms with Gasteiger partial charge in [-0.15, -0.1) is 0 Å². The molecule has 0 radical (unpaired) electrons. The lowest BCUT2D eigenvalue weighted by Crippen LogP contribution is -2.46. The number of ether oxygens (including phenoxy) is 1. The molecule has 0 aromatic carbocycles. The van der Waals surface area contributed by atoms with Gasteiger partial charge in [0.15, 0.2) is 0 Å². The van der Waals surface area contributed by atoms with Crippen molar-refractivity contribution in [2.24, 2.45) is 5.92 Å². The van der Waals surface area contributed by atoms with Gasteiger partial charge in [-0.25, -0.2) is 0 Å². The van der Waals surface area contributed by atoms with Crippen molar-refractivity contribution in [2.75, 3.05) is 39.4 Å². The molecule has 0 aromatic rings. The second-order valence-corrected chi connectivity index (χ2v) is 3.77. The van der Waals surface area contributed by atoms with Crippen LogP contribution in [-0.4, -0.2) is 50.2 Å². The first kappa shape index (κ1) is 8.97. The van der Waals surface area contributed by atoms with Crippen LogP contribution in [0.25, 0.3) is 0 Å². The van der Waals surface area contributed by atoms with Crippen LogP contribution in [0.3, 0.4) is 0 Å². The van der Waals surface area contributed by atoms with Crippen LogP contribution in [0, 0.1) is 5.92 Å². The smallest absolute Gasteiger partial charge is 0.248 e. The summed E-state index contributed by atoms with van der Waals surface area (Å²) < 4.78 is 5.32. The summed E-state index contributed by atoms with van der Waals surface area (Å²) in [7, 11) is 0. The van der Waals surface area contributed by atoms with Gasteiger partial charge in [0, 0.05) is 32.1 Å². The summed E-state index contributed by atoms with van der Waals surface area (Å²) in [6, 6.07) is 0. The third kappa shape index (κ3) is 2.19. The van der Waals surface area contributed by atoms with Crippen molar-refractivity contribution in [3.8, 4) is 0 Å². The first-order valence-corrected chi connectivity index (χ1v) is 4.92. The first-order chi connectivity index (χ1) is 6.36. The molecule has 0 saturated carbocycles. The van der Waals surface area contributed by atoms with Crippen LogP contribution in [0.5, 0.6) is 0 Å². The standard InChI is InChI=1S/C9H16N2O2/c12-9(11-2-1-3-11)7-13-6-8-4-10-5-8/h8,10H,1-7H2. The summed E-state index contributed by atoms with van der Waals surface area (Å²) in [5, 5.41) is 3.17. The summed E-state index contributed by atoms with van der Waals surface area (Å²) in [6.45, 7) is 4.93. The van der Waals surface area contributed by atoms with Gasteiger partial charge in [-0.05, 0) is 6.42 Å². The Labute approximate surface area is 78.2 Å². The Morgan fingerprint density at radius 2 is 2.23 bits per heavy atom. The van der Waals surface area contributed by atoms with E-state index in [1.54, 1.807) is 0 Å². The van der Waals surface area contributed by atoms with Crippen molar-refractivity contribution in [3.05, 3.63) is 0 Å². The van der Waals surface area contributed by atoms with Crippen molar-refractivity contribution in [2.45, 2.75) is 6.42 Å². The molecule has 1 N–H and O–H groups in total. The lowest BCUT2D eigenvalue weighted by atomic mass is 10.1. The molecule has 0 aliphatic carbocycles. The maximum atomic E-state index is 11.3. The average molecular weight is 184 g/mol. The second kappa shape index (κ2) is 4.07. The third-order valence-corrected chi connectivity index (χ3v) is 2.65. The SMILES string of the molecule is O=C(COCC1CNC1)N1CCC1. The quantitative estimate of drug-likeness (QED) is 0.637. The van der Waals surface area contributed by atoms with E-state index in [2.05, 4.69) is 5.32 Å². The highest BCUT2D eigenvalue weighted by Crippen LogP contribution is 2.07. The fourth-order valence-electron chi connectivity index (χ4n) is 1.44. The Morgan fingerprint density at radius 1 is 1.46 bits per heavy atom. The molecule has 4 nitrogen and oxygen atoms in total. The minimum atomic E-state index is 0.151. The molecule has 0 bridgehead atoms. The summed E-state index contributed by atoms with van der Waals surface area (Å²) in [5.41, 5.74) is 0. The number of hydrogen-bond donors (Lipinski definition) is 1. The van der Waals surface area contributed by atoms with Gasteiger partial charge < -0.3 is 15.0 Å². The molecule has 2 aliphatic rings. The van der Waals surface area contributed by atoms with E-state index in [-0.39, 0.29) is 12.5 Å². The summed E-state index contributed by atoms with van der Waals surface area (Å²) in [5.74, 6) is 0.780. The van der Waals surface area contributed by atoms with E-state index in [0.717, 1.165) is 39.2 Å². The molecule has 0 spiro atoms. The number of rotatable bonds is 4. The molecule has 2 heterocycles. The summed E-state index contributed by atoms with van der Waals surface area (Å²) >= 11 is 0. The molecule has 13 heavy (non-hydrogen) atoms. The molecule has 2 rings (SSSR count). The van der Waals surface area contributed by atoms with Crippen LogP contribution in [0.15, 0.2) is 0 Å². The van der Waals surface area contributed by atoms with E-state index < -0.39 is 0 Å². The van der Waals surface area contributed by atoms with E-state index in [1.165, 1.54) is 0 Å². The Bertz CT molecular complexity index is 188. The van der Waals surface area contributed by atoms with Gasteiger partial charge in [0.1, 0.15) is 6.61 Å². The van der Waals surface area contributed by atoms with Crippen LogP contribution in [0.4, 0.5) is 0 Å². The monoisotopic (exact) mass is 184 g/mol. The molecular weight excluding hydrogens is 168 g/mol. The van der Waals surface area contributed by atoms with Crippen molar-refractivity contribution in [3.63, 3.8) is 0 Å².